The maximum absolute atomic E-state index is 15.0. The zero-order valence-corrected chi connectivity index (χ0v) is 16.9. The van der Waals surface area contributed by atoms with E-state index in [2.05, 4.69) is 0 Å². The summed E-state index contributed by atoms with van der Waals surface area (Å²) in [6, 6.07) is 24.8. The van der Waals surface area contributed by atoms with E-state index in [-0.39, 0.29) is 17.7 Å². The molecule has 0 radical (unpaired) electrons. The second kappa shape index (κ2) is 9.57. The van der Waals surface area contributed by atoms with E-state index in [0.29, 0.717) is 11.4 Å². The number of hydrogen-bond donors (Lipinski definition) is 0. The predicted octanol–water partition coefficient (Wildman–Crippen LogP) is 7.97. The van der Waals surface area contributed by atoms with E-state index >= 15 is 4.39 Å². The topological polar surface area (TPSA) is 9.23 Å². The van der Waals surface area contributed by atoms with Gasteiger partial charge in [-0.3, -0.25) is 0 Å². The van der Waals surface area contributed by atoms with Crippen LogP contribution in [-0.4, -0.2) is 0 Å². The van der Waals surface area contributed by atoms with Gasteiger partial charge in [0.15, 0.2) is 0 Å². The van der Waals surface area contributed by atoms with E-state index < -0.39 is 0 Å². The van der Waals surface area contributed by atoms with E-state index in [0.717, 1.165) is 22.6 Å². The highest BCUT2D eigenvalue weighted by atomic mass is 35.5. The van der Waals surface area contributed by atoms with Crippen LogP contribution in [0.4, 0.5) is 4.39 Å². The summed E-state index contributed by atoms with van der Waals surface area (Å²) in [6.45, 7) is 4.06. The molecule has 3 aromatic rings. The standard InChI is InChI=1S/C25H24ClFO/c1-18(2)25(20-12-14-21(26)15-13-20)24(27)16-11-19-7-6-10-23(17-19)28-22-8-4-3-5-9-22/h3-10,12-18,25H,11H2,1-2H3. The van der Waals surface area contributed by atoms with E-state index in [1.807, 2.05) is 92.7 Å². The molecule has 0 fully saturated rings. The summed E-state index contributed by atoms with van der Waals surface area (Å²) in [4.78, 5) is 0. The maximum Gasteiger partial charge on any atom is 0.127 e. The predicted molar refractivity (Wildman–Crippen MR) is 115 cm³/mol. The van der Waals surface area contributed by atoms with Crippen LogP contribution < -0.4 is 4.74 Å². The van der Waals surface area contributed by atoms with Gasteiger partial charge in [0.1, 0.15) is 17.3 Å². The smallest absolute Gasteiger partial charge is 0.127 e. The van der Waals surface area contributed by atoms with Crippen molar-refractivity contribution in [2.24, 2.45) is 5.92 Å². The van der Waals surface area contributed by atoms with Crippen LogP contribution >= 0.6 is 11.6 Å². The van der Waals surface area contributed by atoms with Gasteiger partial charge in [-0.2, -0.15) is 0 Å². The molecule has 0 aliphatic heterocycles. The van der Waals surface area contributed by atoms with Crippen LogP contribution in [0.15, 0.2) is 90.8 Å². The second-order valence-corrected chi connectivity index (χ2v) is 7.57. The van der Waals surface area contributed by atoms with Gasteiger partial charge in [0.25, 0.3) is 0 Å². The zero-order valence-electron chi connectivity index (χ0n) is 16.1. The molecule has 28 heavy (non-hydrogen) atoms. The van der Waals surface area contributed by atoms with Gasteiger partial charge in [0.05, 0.1) is 0 Å². The molecule has 0 aromatic heterocycles. The molecule has 0 saturated heterocycles. The van der Waals surface area contributed by atoms with E-state index in [1.165, 1.54) is 0 Å². The first-order valence-corrected chi connectivity index (χ1v) is 9.83. The third-order valence-corrected chi connectivity index (χ3v) is 4.85. The average Bonchev–Trinajstić information content (AvgIpc) is 2.69. The minimum Gasteiger partial charge on any atom is -0.457 e. The van der Waals surface area contributed by atoms with Crippen LogP contribution in [0.3, 0.4) is 0 Å². The summed E-state index contributed by atoms with van der Waals surface area (Å²) in [7, 11) is 0. The Balaban J connectivity index is 1.74. The third-order valence-electron chi connectivity index (χ3n) is 4.60. The van der Waals surface area contributed by atoms with Gasteiger partial charge in [0.2, 0.25) is 0 Å². The van der Waals surface area contributed by atoms with Crippen molar-refractivity contribution < 1.29 is 9.13 Å². The number of ether oxygens (including phenoxy) is 1. The van der Waals surface area contributed by atoms with Crippen molar-refractivity contribution in [3.63, 3.8) is 0 Å². The molecule has 1 unspecified atom stereocenters. The van der Waals surface area contributed by atoms with Crippen molar-refractivity contribution in [1.82, 2.24) is 0 Å². The van der Waals surface area contributed by atoms with Crippen LogP contribution in [0.1, 0.15) is 30.9 Å². The summed E-state index contributed by atoms with van der Waals surface area (Å²) in [5.74, 6) is 1.28. The van der Waals surface area contributed by atoms with Crippen LogP contribution in [0.2, 0.25) is 5.02 Å². The fraction of sp³-hybridized carbons (Fsp3) is 0.200. The molecule has 0 amide bonds. The van der Waals surface area contributed by atoms with Crippen LogP contribution in [0.25, 0.3) is 0 Å². The summed E-state index contributed by atoms with van der Waals surface area (Å²) < 4.78 is 20.9. The highest BCUT2D eigenvalue weighted by Gasteiger charge is 2.20. The average molecular weight is 395 g/mol. The molecule has 0 aliphatic rings. The van der Waals surface area contributed by atoms with Gasteiger partial charge in [-0.25, -0.2) is 4.39 Å². The Morgan fingerprint density at radius 3 is 2.29 bits per heavy atom. The van der Waals surface area contributed by atoms with Gasteiger partial charge in [0, 0.05) is 10.9 Å². The van der Waals surface area contributed by atoms with E-state index in [9.17, 15) is 0 Å². The van der Waals surface area contributed by atoms with Gasteiger partial charge in [-0.05, 0) is 65.9 Å². The molecule has 3 aromatic carbocycles. The summed E-state index contributed by atoms with van der Waals surface area (Å²) >= 11 is 5.97. The number of rotatable bonds is 7. The van der Waals surface area contributed by atoms with Crippen molar-refractivity contribution in [3.05, 3.63) is 107 Å². The Hall–Kier alpha value is -2.58. The van der Waals surface area contributed by atoms with E-state index in [4.69, 9.17) is 16.3 Å². The van der Waals surface area contributed by atoms with Crippen molar-refractivity contribution in [2.75, 3.05) is 0 Å². The lowest BCUT2D eigenvalue weighted by Gasteiger charge is -2.20. The number of para-hydroxylation sites is 1. The molecule has 0 spiro atoms. The monoisotopic (exact) mass is 394 g/mol. The molecule has 0 heterocycles. The molecule has 0 bridgehead atoms. The fourth-order valence-electron chi connectivity index (χ4n) is 3.24. The SMILES string of the molecule is CC(C)C(C(F)=CCc1cccc(Oc2ccccc2)c1)c1ccc(Cl)cc1. The van der Waals surface area contributed by atoms with E-state index in [1.54, 1.807) is 6.08 Å². The molecule has 144 valence electrons. The molecule has 0 aliphatic carbocycles. The quantitative estimate of drug-likeness (QED) is 0.394. The van der Waals surface area contributed by atoms with Crippen molar-refractivity contribution in [2.45, 2.75) is 26.2 Å². The fourth-order valence-corrected chi connectivity index (χ4v) is 3.36. The number of hydrogen-bond acceptors (Lipinski definition) is 1. The minimum atomic E-state index is -0.277. The lowest BCUT2D eigenvalue weighted by atomic mass is 9.87. The maximum atomic E-state index is 15.0. The lowest BCUT2D eigenvalue weighted by Crippen LogP contribution is -2.08. The number of allylic oxidation sites excluding steroid dienone is 2. The summed E-state index contributed by atoms with van der Waals surface area (Å²) in [6.07, 6.45) is 2.18. The van der Waals surface area contributed by atoms with Crippen molar-refractivity contribution >= 4 is 11.6 Å². The minimum absolute atomic E-state index is 0.119. The van der Waals surface area contributed by atoms with Gasteiger partial charge in [-0.15, -0.1) is 0 Å². The molecule has 1 nitrogen and oxygen atoms in total. The molecule has 3 heteroatoms. The van der Waals surface area contributed by atoms with Gasteiger partial charge < -0.3 is 4.74 Å². The number of halogens is 2. The van der Waals surface area contributed by atoms with Gasteiger partial charge >= 0.3 is 0 Å². The highest BCUT2D eigenvalue weighted by Crippen LogP contribution is 2.33. The van der Waals surface area contributed by atoms with Gasteiger partial charge in [-0.1, -0.05) is 67.9 Å². The molecular weight excluding hydrogens is 371 g/mol. The first kappa shape index (κ1) is 20.2. The first-order chi connectivity index (χ1) is 13.5. The highest BCUT2D eigenvalue weighted by molar-refractivity contribution is 6.30. The molecule has 0 N–H and O–H groups in total. The van der Waals surface area contributed by atoms with Crippen LogP contribution in [0, 0.1) is 5.92 Å². The van der Waals surface area contributed by atoms with Crippen molar-refractivity contribution in [3.8, 4) is 11.5 Å². The Morgan fingerprint density at radius 2 is 1.61 bits per heavy atom. The third kappa shape index (κ3) is 5.46. The summed E-state index contributed by atoms with van der Waals surface area (Å²) in [5.41, 5.74) is 1.94. The lowest BCUT2D eigenvalue weighted by molar-refractivity contribution is 0.452. The normalized spacial score (nSPS) is 12.8. The van der Waals surface area contributed by atoms with Crippen molar-refractivity contribution in [1.29, 1.82) is 0 Å². The van der Waals surface area contributed by atoms with Crippen LogP contribution in [0.5, 0.6) is 11.5 Å². The largest absolute Gasteiger partial charge is 0.457 e. The first-order valence-electron chi connectivity index (χ1n) is 9.46. The number of benzene rings is 3. The summed E-state index contributed by atoms with van der Waals surface area (Å²) in [5, 5.41) is 0.658. The molecule has 0 saturated carbocycles. The molecule has 3 rings (SSSR count). The molecular formula is C25H24ClFO. The Morgan fingerprint density at radius 1 is 0.929 bits per heavy atom. The Bertz CT molecular complexity index is 917. The van der Waals surface area contributed by atoms with Crippen LogP contribution in [-0.2, 0) is 6.42 Å². The zero-order chi connectivity index (χ0) is 19.9. The Labute approximate surface area is 171 Å². The Kier molecular flexibility index (Phi) is 6.89. The second-order valence-electron chi connectivity index (χ2n) is 7.13. The molecule has 1 atom stereocenters.